The highest BCUT2D eigenvalue weighted by molar-refractivity contribution is 6.09. The topological polar surface area (TPSA) is 46.5 Å². The standard InChI is InChI=1S/C30H31NO2.3H2/c32-25(16-17-29(33)28-15-5-9-22-8-1-2-13-26(22)28)20-21-7-3-11-24(19-21)30-27-14-4-10-23(27)12-6-18-31-30;;;/h1-2,4-6,8-9,13-15,18,21,24H,3,7,10-12,16-17,19-20H2;3*1H. The van der Waals surface area contributed by atoms with Crippen molar-refractivity contribution in [3.8, 4) is 0 Å². The summed E-state index contributed by atoms with van der Waals surface area (Å²) in [5, 5.41) is 2.04. The van der Waals surface area contributed by atoms with Gasteiger partial charge in [0.2, 0.25) is 0 Å². The summed E-state index contributed by atoms with van der Waals surface area (Å²) in [6.07, 6.45) is 16.3. The van der Waals surface area contributed by atoms with Crippen LogP contribution in [0.5, 0.6) is 0 Å². The molecule has 3 heteroatoms. The van der Waals surface area contributed by atoms with Gasteiger partial charge in [-0.2, -0.15) is 0 Å². The Morgan fingerprint density at radius 3 is 2.76 bits per heavy atom. The number of Topliss-reactive ketones (excluding diaryl/α,β-unsaturated/α-hetero) is 2. The Hall–Kier alpha value is -3.07. The van der Waals surface area contributed by atoms with Gasteiger partial charge in [0.05, 0.1) is 5.71 Å². The van der Waals surface area contributed by atoms with Crippen LogP contribution in [0.1, 0.15) is 72.4 Å². The van der Waals surface area contributed by atoms with Crippen LogP contribution in [-0.2, 0) is 4.79 Å². The van der Waals surface area contributed by atoms with E-state index >= 15 is 0 Å². The minimum atomic E-state index is 0. The van der Waals surface area contributed by atoms with Crippen molar-refractivity contribution in [2.24, 2.45) is 16.8 Å². The molecule has 0 amide bonds. The summed E-state index contributed by atoms with van der Waals surface area (Å²) in [7, 11) is 0. The normalized spacial score (nSPS) is 22.2. The Balaban J connectivity index is 0.00000152. The first-order chi connectivity index (χ1) is 16.2. The third-order valence-electron chi connectivity index (χ3n) is 7.40. The number of benzene rings is 2. The van der Waals surface area contributed by atoms with Crippen molar-refractivity contribution in [1.29, 1.82) is 0 Å². The molecule has 2 unspecified atom stereocenters. The maximum absolute atomic E-state index is 12.9. The van der Waals surface area contributed by atoms with Crippen LogP contribution in [0.2, 0.25) is 0 Å². The van der Waals surface area contributed by atoms with Crippen molar-refractivity contribution in [3.05, 3.63) is 83.6 Å². The molecule has 1 aliphatic heterocycles. The zero-order valence-corrected chi connectivity index (χ0v) is 19.1. The molecule has 2 aromatic carbocycles. The zero-order valence-electron chi connectivity index (χ0n) is 19.1. The first-order valence-corrected chi connectivity index (χ1v) is 12.3. The van der Waals surface area contributed by atoms with Crippen LogP contribution in [0.3, 0.4) is 0 Å². The molecule has 5 rings (SSSR count). The molecule has 0 saturated heterocycles. The van der Waals surface area contributed by atoms with Gasteiger partial charge in [0.25, 0.3) is 0 Å². The molecule has 0 radical (unpaired) electrons. The molecule has 3 nitrogen and oxygen atoms in total. The first kappa shape index (κ1) is 21.8. The third kappa shape index (κ3) is 4.83. The SMILES string of the molecule is O=C(CCC(=O)c1cccc2ccccc12)CC1CCCC(C2=NC=CCC3=C2C=CC3)C1.[HH].[HH].[HH]. The van der Waals surface area contributed by atoms with Gasteiger partial charge in [-0.05, 0) is 54.4 Å². The molecule has 0 aromatic heterocycles. The molecule has 0 N–H and O–H groups in total. The summed E-state index contributed by atoms with van der Waals surface area (Å²) in [5.41, 5.74) is 4.79. The summed E-state index contributed by atoms with van der Waals surface area (Å²) in [5.74, 6) is 1.11. The lowest BCUT2D eigenvalue weighted by Crippen LogP contribution is -2.25. The maximum Gasteiger partial charge on any atom is 0.163 e. The molecular formula is C30H37NO2. The Morgan fingerprint density at radius 2 is 1.82 bits per heavy atom. The molecule has 174 valence electrons. The highest BCUT2D eigenvalue weighted by Gasteiger charge is 2.30. The number of fused-ring (bicyclic) bond motifs is 1. The second kappa shape index (κ2) is 9.82. The van der Waals surface area contributed by atoms with E-state index in [4.69, 9.17) is 4.99 Å². The second-order valence-electron chi connectivity index (χ2n) is 9.65. The van der Waals surface area contributed by atoms with Gasteiger partial charge in [-0.1, -0.05) is 72.7 Å². The molecule has 2 aliphatic carbocycles. The number of carbonyl (C=O) groups is 2. The molecule has 33 heavy (non-hydrogen) atoms. The fraction of sp³-hybridized carbons (Fsp3) is 0.367. The summed E-state index contributed by atoms with van der Waals surface area (Å²) >= 11 is 0. The Labute approximate surface area is 200 Å². The van der Waals surface area contributed by atoms with E-state index < -0.39 is 0 Å². The first-order valence-electron chi connectivity index (χ1n) is 12.3. The van der Waals surface area contributed by atoms with Gasteiger partial charge in [-0.25, -0.2) is 0 Å². The van der Waals surface area contributed by atoms with Crippen molar-refractivity contribution in [3.63, 3.8) is 0 Å². The number of ketones is 2. The van der Waals surface area contributed by atoms with Gasteiger partial charge >= 0.3 is 0 Å². The van der Waals surface area contributed by atoms with Gasteiger partial charge in [0, 0.05) is 41.2 Å². The summed E-state index contributed by atoms with van der Waals surface area (Å²) in [6, 6.07) is 13.8. The Kier molecular flexibility index (Phi) is 6.48. The molecular weight excluding hydrogens is 406 g/mol. The lowest BCUT2D eigenvalue weighted by Gasteiger charge is -2.30. The second-order valence-corrected chi connectivity index (χ2v) is 9.65. The van der Waals surface area contributed by atoms with E-state index in [1.54, 1.807) is 0 Å². The summed E-state index contributed by atoms with van der Waals surface area (Å²) < 4.78 is 0. The van der Waals surface area contributed by atoms with Crippen LogP contribution in [0.4, 0.5) is 0 Å². The van der Waals surface area contributed by atoms with Gasteiger partial charge in [-0.3, -0.25) is 14.6 Å². The van der Waals surface area contributed by atoms with Gasteiger partial charge < -0.3 is 0 Å². The predicted molar refractivity (Wildman–Crippen MR) is 141 cm³/mol. The van der Waals surface area contributed by atoms with Crippen molar-refractivity contribution >= 4 is 28.1 Å². The van der Waals surface area contributed by atoms with Crippen LogP contribution in [-0.4, -0.2) is 17.3 Å². The molecule has 2 atom stereocenters. The Bertz CT molecular complexity index is 1210. The predicted octanol–water partition coefficient (Wildman–Crippen LogP) is 7.92. The van der Waals surface area contributed by atoms with Gasteiger partial charge in [0.15, 0.2) is 5.78 Å². The highest BCUT2D eigenvalue weighted by Crippen LogP contribution is 2.37. The molecule has 0 spiro atoms. The van der Waals surface area contributed by atoms with E-state index in [1.165, 1.54) is 16.9 Å². The molecule has 1 heterocycles. The fourth-order valence-electron chi connectivity index (χ4n) is 5.73. The number of rotatable bonds is 7. The molecule has 1 saturated carbocycles. The number of nitrogens with zero attached hydrogens (tertiary/aromatic N) is 1. The molecule has 1 fully saturated rings. The molecule has 2 aromatic rings. The Morgan fingerprint density at radius 1 is 0.970 bits per heavy atom. The monoisotopic (exact) mass is 443 g/mol. The minimum Gasteiger partial charge on any atom is -0.300 e. The van der Waals surface area contributed by atoms with Crippen molar-refractivity contribution in [1.82, 2.24) is 0 Å². The maximum atomic E-state index is 12.9. The number of aliphatic imine (C=N–C) groups is 1. The highest BCUT2D eigenvalue weighted by atomic mass is 16.1. The van der Waals surface area contributed by atoms with E-state index in [-0.39, 0.29) is 15.8 Å². The summed E-state index contributed by atoms with van der Waals surface area (Å²) in [6.45, 7) is 0. The number of carbonyl (C=O) groups excluding carboxylic acids is 2. The number of hydrogen-bond donors (Lipinski definition) is 0. The van der Waals surface area contributed by atoms with Gasteiger partial charge in [0.1, 0.15) is 5.78 Å². The lowest BCUT2D eigenvalue weighted by molar-refractivity contribution is -0.120. The average Bonchev–Trinajstić information content (AvgIpc) is 3.21. The van der Waals surface area contributed by atoms with E-state index in [0.29, 0.717) is 31.1 Å². The van der Waals surface area contributed by atoms with E-state index in [1.807, 2.05) is 48.7 Å². The average molecular weight is 444 g/mol. The molecule has 3 aliphatic rings. The van der Waals surface area contributed by atoms with E-state index in [0.717, 1.165) is 54.9 Å². The van der Waals surface area contributed by atoms with Crippen molar-refractivity contribution < 1.29 is 13.9 Å². The third-order valence-corrected chi connectivity index (χ3v) is 7.40. The quantitative estimate of drug-likeness (QED) is 0.408. The van der Waals surface area contributed by atoms with Gasteiger partial charge in [-0.15, -0.1) is 0 Å². The van der Waals surface area contributed by atoms with Crippen LogP contribution in [0.25, 0.3) is 10.8 Å². The molecule has 0 bridgehead atoms. The number of hydrogen-bond acceptors (Lipinski definition) is 3. The van der Waals surface area contributed by atoms with Crippen LogP contribution >= 0.6 is 0 Å². The van der Waals surface area contributed by atoms with Crippen LogP contribution in [0.15, 0.2) is 83.0 Å². The number of allylic oxidation sites excluding steroid dienone is 5. The van der Waals surface area contributed by atoms with E-state index in [9.17, 15) is 9.59 Å². The van der Waals surface area contributed by atoms with Crippen molar-refractivity contribution in [2.75, 3.05) is 0 Å². The van der Waals surface area contributed by atoms with Crippen LogP contribution in [0, 0.1) is 11.8 Å². The van der Waals surface area contributed by atoms with Crippen molar-refractivity contribution in [2.45, 2.75) is 57.8 Å². The fourth-order valence-corrected chi connectivity index (χ4v) is 5.73. The zero-order chi connectivity index (χ0) is 22.6. The largest absolute Gasteiger partial charge is 0.300 e. The van der Waals surface area contributed by atoms with E-state index in [2.05, 4.69) is 18.2 Å². The summed E-state index contributed by atoms with van der Waals surface area (Å²) in [4.78, 5) is 30.5. The smallest absolute Gasteiger partial charge is 0.163 e. The lowest BCUT2D eigenvalue weighted by atomic mass is 9.75. The van der Waals surface area contributed by atoms with Crippen LogP contribution < -0.4 is 0 Å². The minimum absolute atomic E-state index is 0.